The zero-order valence-electron chi connectivity index (χ0n) is 39.7. The van der Waals surface area contributed by atoms with E-state index in [2.05, 4.69) is 15.7 Å². The molecule has 0 amide bonds. The van der Waals surface area contributed by atoms with Crippen LogP contribution >= 0.6 is 8.53 Å². The molecule has 0 saturated carbocycles. The van der Waals surface area contributed by atoms with Crippen LogP contribution in [-0.2, 0) is 33.7 Å². The number of nitrogens with zero attached hydrogens (tertiary/aromatic N) is 3. The summed E-state index contributed by atoms with van der Waals surface area (Å²) >= 11 is 0. The summed E-state index contributed by atoms with van der Waals surface area (Å²) in [6, 6.07) is 47.2. The maximum absolute atomic E-state index is 14.7. The van der Waals surface area contributed by atoms with E-state index in [1.54, 1.807) is 14.2 Å². The van der Waals surface area contributed by atoms with Crippen LogP contribution in [0.4, 0.5) is 0 Å². The van der Waals surface area contributed by atoms with Gasteiger partial charge in [0.05, 0.1) is 46.3 Å². The highest BCUT2D eigenvalue weighted by molar-refractivity contribution is 7.44. The highest BCUT2D eigenvalue weighted by atomic mass is 31.2. The molecule has 0 aliphatic carbocycles. The number of hydrogen-bond acceptors (Lipinski definition) is 12. The van der Waals surface area contributed by atoms with E-state index in [0.717, 1.165) is 27.8 Å². The van der Waals surface area contributed by atoms with Gasteiger partial charge in [0.2, 0.25) is 0 Å². The molecule has 1 unspecified atom stereocenters. The number of ether oxygens (including phenoxy) is 5. The van der Waals surface area contributed by atoms with Crippen molar-refractivity contribution in [3.63, 3.8) is 0 Å². The number of methoxy groups -OCH3 is 2. The Morgan fingerprint density at radius 3 is 1.78 bits per heavy atom. The molecule has 69 heavy (non-hydrogen) atoms. The van der Waals surface area contributed by atoms with Gasteiger partial charge in [-0.25, -0.2) is 9.46 Å². The third kappa shape index (κ3) is 11.9. The number of hydrogen-bond donors (Lipinski definition) is 1. The first-order chi connectivity index (χ1) is 33.5. The van der Waals surface area contributed by atoms with Gasteiger partial charge in [0.1, 0.15) is 35.5 Å². The van der Waals surface area contributed by atoms with Gasteiger partial charge in [0, 0.05) is 30.3 Å². The Morgan fingerprint density at radius 1 is 0.768 bits per heavy atom. The molecule has 0 spiro atoms. The van der Waals surface area contributed by atoms with E-state index in [0.29, 0.717) is 11.5 Å². The molecule has 1 fully saturated rings. The minimum atomic E-state index is -1.95. The Hall–Kier alpha value is -6.43. The Labute approximate surface area is 404 Å². The predicted molar refractivity (Wildman–Crippen MR) is 263 cm³/mol. The summed E-state index contributed by atoms with van der Waals surface area (Å²) in [5.74, 6) is -0.217. The number of esters is 1. The van der Waals surface area contributed by atoms with Gasteiger partial charge < -0.3 is 32.7 Å². The van der Waals surface area contributed by atoms with E-state index < -0.39 is 61.8 Å². The number of aromatic amines is 1. The summed E-state index contributed by atoms with van der Waals surface area (Å²) in [5.41, 5.74) is 1.23. The number of benzene rings is 5. The molecule has 1 aromatic heterocycles. The minimum Gasteiger partial charge on any atom is -0.497 e. The minimum absolute atomic E-state index is 0.0737. The molecular formula is C54H59N4O10P. The van der Waals surface area contributed by atoms with Gasteiger partial charge in [-0.2, -0.15) is 5.26 Å². The number of H-pyrrole nitrogens is 1. The van der Waals surface area contributed by atoms with Crippen molar-refractivity contribution in [3.8, 4) is 17.6 Å². The number of nitriles is 1. The van der Waals surface area contributed by atoms with Crippen molar-refractivity contribution in [1.29, 1.82) is 5.26 Å². The summed E-state index contributed by atoms with van der Waals surface area (Å²) in [4.78, 5) is 43.5. The van der Waals surface area contributed by atoms with E-state index >= 15 is 0 Å². The van der Waals surface area contributed by atoms with Crippen LogP contribution in [0.2, 0.25) is 0 Å². The molecule has 5 aromatic carbocycles. The monoisotopic (exact) mass is 954 g/mol. The second-order valence-corrected chi connectivity index (χ2v) is 18.5. The number of carbonyl (C=O) groups is 1. The first kappa shape index (κ1) is 50.4. The molecule has 2 heterocycles. The van der Waals surface area contributed by atoms with Crippen LogP contribution in [0.5, 0.6) is 11.5 Å². The Kier molecular flexibility index (Phi) is 17.3. The van der Waals surface area contributed by atoms with Crippen molar-refractivity contribution in [3.05, 3.63) is 200 Å². The summed E-state index contributed by atoms with van der Waals surface area (Å²) in [7, 11) is 1.26. The SMILES string of the molecule is COc1ccc(C(OC[C@H]2O[C@@H](n3ccc(=O)[nH]c3=O)[C@H](CC(=O)OC(c3ccccc3)c3ccccc3)[C@@H]2OP(OCCC#N)N(C(C)C)C(C)C)(c2ccccc2)c2ccc(OC)cc2)cc1. The van der Waals surface area contributed by atoms with Gasteiger partial charge in [-0.05, 0) is 79.8 Å². The summed E-state index contributed by atoms with van der Waals surface area (Å²) in [6.07, 6.45) is -2.78. The highest BCUT2D eigenvalue weighted by Gasteiger charge is 2.52. The number of carbonyl (C=O) groups excluding carboxylic acids is 1. The Bertz CT molecular complexity index is 2620. The van der Waals surface area contributed by atoms with E-state index in [1.165, 1.54) is 16.8 Å². The van der Waals surface area contributed by atoms with E-state index in [-0.39, 0.29) is 38.1 Å². The van der Waals surface area contributed by atoms with Crippen molar-refractivity contribution in [2.75, 3.05) is 27.4 Å². The van der Waals surface area contributed by atoms with E-state index in [1.807, 2.05) is 167 Å². The van der Waals surface area contributed by atoms with Gasteiger partial charge in [-0.3, -0.25) is 19.1 Å². The highest BCUT2D eigenvalue weighted by Crippen LogP contribution is 2.53. The summed E-state index contributed by atoms with van der Waals surface area (Å²) in [5, 5.41) is 9.60. The van der Waals surface area contributed by atoms with Crippen LogP contribution in [0.25, 0.3) is 0 Å². The topological polar surface area (TPSA) is 164 Å². The Morgan fingerprint density at radius 2 is 1.29 bits per heavy atom. The molecule has 1 N–H and O–H groups in total. The number of aromatic nitrogens is 2. The first-order valence-corrected chi connectivity index (χ1v) is 24.1. The van der Waals surface area contributed by atoms with Crippen molar-refractivity contribution < 1.29 is 37.5 Å². The fraction of sp³-hybridized carbons (Fsp3) is 0.333. The van der Waals surface area contributed by atoms with Crippen molar-refractivity contribution in [2.45, 2.75) is 82.8 Å². The van der Waals surface area contributed by atoms with Gasteiger partial charge in [0.25, 0.3) is 14.1 Å². The maximum atomic E-state index is 14.7. The van der Waals surface area contributed by atoms with Crippen LogP contribution in [-0.4, -0.2) is 71.9 Å². The smallest absolute Gasteiger partial charge is 0.330 e. The summed E-state index contributed by atoms with van der Waals surface area (Å²) < 4.78 is 49.0. The molecule has 1 saturated heterocycles. The van der Waals surface area contributed by atoms with Crippen molar-refractivity contribution in [1.82, 2.24) is 14.2 Å². The van der Waals surface area contributed by atoms with Crippen molar-refractivity contribution in [2.24, 2.45) is 5.92 Å². The molecule has 7 rings (SSSR count). The lowest BCUT2D eigenvalue weighted by atomic mass is 9.80. The number of nitrogens with one attached hydrogen (secondary N) is 1. The third-order valence-corrected chi connectivity index (χ3v) is 14.1. The molecule has 360 valence electrons. The maximum Gasteiger partial charge on any atom is 0.330 e. The standard InChI is InChI=1S/C54H59N4O10P/c1-37(2)58(38(3)4)69(65-34-16-32-55)68-51-46(35-49(60)67-50(39-17-10-7-11-18-39)40-19-12-8-13-20-40)52(57-33-31-48(59)56-53(57)61)66-47(51)36-64-54(41-21-14-9-15-22-41,42-23-27-44(62-5)28-24-42)43-25-29-45(63-6)30-26-43/h7-15,17-31,33,37-38,46-47,50-52H,16,34-36H2,1-6H3,(H,56,59,61)/t46-,47-,51+,52-,69?/m1/s1. The quantitative estimate of drug-likeness (QED) is 0.0297. The lowest BCUT2D eigenvalue weighted by Gasteiger charge is -2.39. The zero-order valence-corrected chi connectivity index (χ0v) is 40.6. The fourth-order valence-corrected chi connectivity index (χ4v) is 10.6. The molecule has 0 bridgehead atoms. The predicted octanol–water partition coefficient (Wildman–Crippen LogP) is 9.46. The largest absolute Gasteiger partial charge is 0.497 e. The molecule has 14 nitrogen and oxygen atoms in total. The molecule has 0 radical (unpaired) electrons. The average Bonchev–Trinajstić information content (AvgIpc) is 3.69. The lowest BCUT2D eigenvalue weighted by molar-refractivity contribution is -0.150. The average molecular weight is 955 g/mol. The third-order valence-electron chi connectivity index (χ3n) is 12.0. The number of rotatable bonds is 22. The fourth-order valence-electron chi connectivity index (χ4n) is 8.83. The Balaban J connectivity index is 1.38. The molecule has 15 heteroatoms. The van der Waals surface area contributed by atoms with Crippen LogP contribution in [0.1, 0.15) is 80.7 Å². The molecule has 6 aromatic rings. The van der Waals surface area contributed by atoms with Gasteiger partial charge in [-0.15, -0.1) is 0 Å². The first-order valence-electron chi connectivity index (χ1n) is 23.0. The second kappa shape index (κ2) is 23.7. The molecule has 1 aliphatic heterocycles. The lowest BCUT2D eigenvalue weighted by Crippen LogP contribution is -2.41. The molecular weight excluding hydrogens is 896 g/mol. The van der Waals surface area contributed by atoms with Gasteiger partial charge in [0.15, 0.2) is 6.10 Å². The zero-order chi connectivity index (χ0) is 48.9. The van der Waals surface area contributed by atoms with Gasteiger partial charge in [-0.1, -0.05) is 115 Å². The normalized spacial score (nSPS) is 17.5. The van der Waals surface area contributed by atoms with Crippen LogP contribution in [0, 0.1) is 17.2 Å². The summed E-state index contributed by atoms with van der Waals surface area (Å²) in [6.45, 7) is 8.03. The van der Waals surface area contributed by atoms with Gasteiger partial charge >= 0.3 is 11.7 Å². The molecule has 5 atom stereocenters. The molecule has 1 aliphatic rings. The van der Waals surface area contributed by atoms with Crippen molar-refractivity contribution >= 4 is 14.5 Å². The van der Waals surface area contributed by atoms with Crippen LogP contribution in [0.15, 0.2) is 161 Å². The van der Waals surface area contributed by atoms with Crippen LogP contribution in [0.3, 0.4) is 0 Å². The second-order valence-electron chi connectivity index (χ2n) is 17.1. The van der Waals surface area contributed by atoms with E-state index in [9.17, 15) is 19.6 Å². The van der Waals surface area contributed by atoms with E-state index in [4.69, 9.17) is 32.7 Å². The van der Waals surface area contributed by atoms with Crippen LogP contribution < -0.4 is 20.7 Å².